The second-order valence-electron chi connectivity index (χ2n) is 7.25. The topological polar surface area (TPSA) is 49.8 Å². The van der Waals surface area contributed by atoms with E-state index >= 15 is 0 Å². The molecular weight excluding hydrogens is 381 g/mol. The van der Waals surface area contributed by atoms with Crippen LogP contribution in [0.25, 0.3) is 0 Å². The van der Waals surface area contributed by atoms with E-state index in [4.69, 9.17) is 4.74 Å². The predicted molar refractivity (Wildman–Crippen MR) is 115 cm³/mol. The lowest BCUT2D eigenvalue weighted by molar-refractivity contribution is -0.138. The number of hydrogen-bond donors (Lipinski definition) is 1. The quantitative estimate of drug-likeness (QED) is 0.501. The summed E-state index contributed by atoms with van der Waals surface area (Å²) in [6.45, 7) is 2.58. The van der Waals surface area contributed by atoms with Crippen LogP contribution in [0.15, 0.2) is 78.9 Å². The van der Waals surface area contributed by atoms with Gasteiger partial charge in [0.2, 0.25) is 0 Å². The van der Waals surface area contributed by atoms with Crippen molar-refractivity contribution >= 4 is 5.97 Å². The van der Waals surface area contributed by atoms with Crippen molar-refractivity contribution in [3.63, 3.8) is 0 Å². The standard InChI is InChI=1S/C25H26FNO3/c1-18(20-11-7-4-8-12-20)27(17-19-9-5-3-6-10-19)23(16-25(28)29)21-13-14-24(30-2)22(26)15-21/h3-15,18,23H,16-17H2,1-2H3,(H,28,29)/t18-,23-/m0/s1. The van der Waals surface area contributed by atoms with Crippen LogP contribution >= 0.6 is 0 Å². The van der Waals surface area contributed by atoms with Gasteiger partial charge in [0.1, 0.15) is 0 Å². The molecule has 3 rings (SSSR count). The molecule has 0 aromatic heterocycles. The molecule has 2 atom stereocenters. The summed E-state index contributed by atoms with van der Waals surface area (Å²) in [5.74, 6) is -1.30. The normalized spacial score (nSPS) is 13.1. The van der Waals surface area contributed by atoms with Gasteiger partial charge in [0.25, 0.3) is 0 Å². The minimum atomic E-state index is -0.936. The molecule has 0 spiro atoms. The van der Waals surface area contributed by atoms with Gasteiger partial charge in [-0.15, -0.1) is 0 Å². The third-order valence-electron chi connectivity index (χ3n) is 5.32. The molecule has 0 heterocycles. The van der Waals surface area contributed by atoms with E-state index in [1.54, 1.807) is 12.1 Å². The van der Waals surface area contributed by atoms with E-state index in [-0.39, 0.29) is 18.2 Å². The fraction of sp³-hybridized carbons (Fsp3) is 0.240. The predicted octanol–water partition coefficient (Wildman–Crippen LogP) is 5.61. The monoisotopic (exact) mass is 407 g/mol. The molecule has 30 heavy (non-hydrogen) atoms. The highest BCUT2D eigenvalue weighted by Gasteiger charge is 2.29. The summed E-state index contributed by atoms with van der Waals surface area (Å²) in [4.78, 5) is 13.9. The number of rotatable bonds is 9. The van der Waals surface area contributed by atoms with Crippen molar-refractivity contribution < 1.29 is 19.0 Å². The van der Waals surface area contributed by atoms with Gasteiger partial charge < -0.3 is 9.84 Å². The maximum absolute atomic E-state index is 14.5. The van der Waals surface area contributed by atoms with Crippen molar-refractivity contribution in [3.05, 3.63) is 101 Å². The largest absolute Gasteiger partial charge is 0.494 e. The highest BCUT2D eigenvalue weighted by atomic mass is 19.1. The van der Waals surface area contributed by atoms with E-state index in [0.717, 1.165) is 11.1 Å². The molecule has 4 nitrogen and oxygen atoms in total. The molecule has 156 valence electrons. The van der Waals surface area contributed by atoms with Crippen LogP contribution in [-0.4, -0.2) is 23.1 Å². The summed E-state index contributed by atoms with van der Waals surface area (Å²) in [6.07, 6.45) is -0.143. The van der Waals surface area contributed by atoms with Gasteiger partial charge in [0.05, 0.1) is 13.5 Å². The molecular formula is C25H26FNO3. The molecule has 0 fully saturated rings. The molecule has 3 aromatic rings. The number of nitrogens with zero attached hydrogens (tertiary/aromatic N) is 1. The Kier molecular flexibility index (Phi) is 7.20. The van der Waals surface area contributed by atoms with E-state index in [1.165, 1.54) is 13.2 Å². The van der Waals surface area contributed by atoms with Crippen molar-refractivity contribution in [2.45, 2.75) is 32.0 Å². The third-order valence-corrected chi connectivity index (χ3v) is 5.32. The summed E-state index contributed by atoms with van der Waals surface area (Å²) < 4.78 is 19.5. The van der Waals surface area contributed by atoms with Gasteiger partial charge in [-0.1, -0.05) is 66.7 Å². The van der Waals surface area contributed by atoms with E-state index < -0.39 is 17.8 Å². The number of ether oxygens (including phenoxy) is 1. The number of carboxylic acids is 1. The van der Waals surface area contributed by atoms with Crippen LogP contribution in [0.4, 0.5) is 4.39 Å². The molecule has 5 heteroatoms. The molecule has 0 amide bonds. The van der Waals surface area contributed by atoms with Gasteiger partial charge >= 0.3 is 5.97 Å². The fourth-order valence-electron chi connectivity index (χ4n) is 3.72. The lowest BCUT2D eigenvalue weighted by Crippen LogP contribution is -2.32. The average molecular weight is 407 g/mol. The minimum absolute atomic E-state index is 0.0825. The summed E-state index contributed by atoms with van der Waals surface area (Å²) in [5.41, 5.74) is 2.73. The second kappa shape index (κ2) is 10.0. The maximum Gasteiger partial charge on any atom is 0.305 e. The molecule has 0 aliphatic rings. The van der Waals surface area contributed by atoms with Crippen molar-refractivity contribution in [3.8, 4) is 5.75 Å². The van der Waals surface area contributed by atoms with E-state index in [0.29, 0.717) is 12.1 Å². The first-order chi connectivity index (χ1) is 14.5. The van der Waals surface area contributed by atoms with Crippen molar-refractivity contribution in [1.29, 1.82) is 0 Å². The SMILES string of the molecule is COc1ccc([C@H](CC(=O)O)N(Cc2ccccc2)[C@@H](C)c2ccccc2)cc1F. The number of halogens is 1. The number of carboxylic acid groups (broad SMARTS) is 1. The minimum Gasteiger partial charge on any atom is -0.494 e. The van der Waals surface area contributed by atoms with Crippen LogP contribution in [0, 0.1) is 5.82 Å². The number of aliphatic carboxylic acids is 1. The molecule has 0 saturated heterocycles. The zero-order valence-electron chi connectivity index (χ0n) is 17.2. The Labute approximate surface area is 176 Å². The van der Waals surface area contributed by atoms with Crippen LogP contribution in [0.2, 0.25) is 0 Å². The zero-order chi connectivity index (χ0) is 21.5. The first-order valence-corrected chi connectivity index (χ1v) is 9.89. The highest BCUT2D eigenvalue weighted by Crippen LogP contribution is 2.36. The Hall–Kier alpha value is -3.18. The Morgan fingerprint density at radius 1 is 1.00 bits per heavy atom. The summed E-state index contributed by atoms with van der Waals surface area (Å²) in [7, 11) is 1.41. The van der Waals surface area contributed by atoms with Crippen LogP contribution in [0.1, 0.15) is 42.1 Å². The van der Waals surface area contributed by atoms with Crippen molar-refractivity contribution in [1.82, 2.24) is 4.90 Å². The molecule has 0 bridgehead atoms. The zero-order valence-corrected chi connectivity index (χ0v) is 17.2. The average Bonchev–Trinajstić information content (AvgIpc) is 2.76. The lowest BCUT2D eigenvalue weighted by Gasteiger charge is -2.37. The first kappa shape index (κ1) is 21.5. The third kappa shape index (κ3) is 5.24. The van der Waals surface area contributed by atoms with Crippen molar-refractivity contribution in [2.24, 2.45) is 0 Å². The molecule has 0 unspecified atom stereocenters. The molecule has 3 aromatic carbocycles. The first-order valence-electron chi connectivity index (χ1n) is 9.89. The molecule has 0 radical (unpaired) electrons. The number of benzene rings is 3. The highest BCUT2D eigenvalue weighted by molar-refractivity contribution is 5.68. The smallest absolute Gasteiger partial charge is 0.305 e. The molecule has 1 N–H and O–H groups in total. The Bertz CT molecular complexity index is 963. The van der Waals surface area contributed by atoms with Gasteiger partial charge in [0, 0.05) is 18.6 Å². The molecule has 0 aliphatic heterocycles. The van der Waals surface area contributed by atoms with Crippen molar-refractivity contribution in [2.75, 3.05) is 7.11 Å². The Balaban J connectivity index is 2.05. The summed E-state index contributed by atoms with van der Waals surface area (Å²) in [6, 6.07) is 23.9. The van der Waals surface area contributed by atoms with Gasteiger partial charge in [0.15, 0.2) is 11.6 Å². The lowest BCUT2D eigenvalue weighted by atomic mass is 9.96. The summed E-state index contributed by atoms with van der Waals surface area (Å²) >= 11 is 0. The second-order valence-corrected chi connectivity index (χ2v) is 7.25. The van der Waals surface area contributed by atoms with Gasteiger partial charge in [-0.05, 0) is 35.7 Å². The Morgan fingerprint density at radius 2 is 1.63 bits per heavy atom. The van der Waals surface area contributed by atoms with Crippen LogP contribution in [0.5, 0.6) is 5.75 Å². The maximum atomic E-state index is 14.5. The molecule has 0 saturated carbocycles. The van der Waals surface area contributed by atoms with Gasteiger partial charge in [-0.3, -0.25) is 9.69 Å². The van der Waals surface area contributed by atoms with Gasteiger partial charge in [-0.2, -0.15) is 0 Å². The number of methoxy groups -OCH3 is 1. The Morgan fingerprint density at radius 3 is 2.20 bits per heavy atom. The van der Waals surface area contributed by atoms with Crippen LogP contribution < -0.4 is 4.74 Å². The fourth-order valence-corrected chi connectivity index (χ4v) is 3.72. The van der Waals surface area contributed by atoms with Crippen LogP contribution in [-0.2, 0) is 11.3 Å². The summed E-state index contributed by atoms with van der Waals surface area (Å²) in [5, 5.41) is 9.64. The van der Waals surface area contributed by atoms with Gasteiger partial charge in [-0.25, -0.2) is 4.39 Å². The number of carbonyl (C=O) groups is 1. The van der Waals surface area contributed by atoms with E-state index in [1.807, 2.05) is 67.6 Å². The van der Waals surface area contributed by atoms with Crippen LogP contribution in [0.3, 0.4) is 0 Å². The van der Waals surface area contributed by atoms with E-state index in [2.05, 4.69) is 4.90 Å². The molecule has 0 aliphatic carbocycles. The number of hydrogen-bond acceptors (Lipinski definition) is 3. The van der Waals surface area contributed by atoms with E-state index in [9.17, 15) is 14.3 Å².